The normalized spacial score (nSPS) is 10.0. The van der Waals surface area contributed by atoms with E-state index in [4.69, 9.17) is 21.4 Å². The van der Waals surface area contributed by atoms with E-state index >= 15 is 0 Å². The Labute approximate surface area is 126 Å². The summed E-state index contributed by atoms with van der Waals surface area (Å²) in [6.07, 6.45) is -0.121. The molecule has 1 aromatic carbocycles. The molecular weight excluding hydrogens is 303 g/mol. The van der Waals surface area contributed by atoms with Crippen LogP contribution < -0.4 is 10.1 Å². The average Bonchev–Trinajstić information content (AvgIpc) is 2.44. The van der Waals surface area contributed by atoms with Gasteiger partial charge in [-0.25, -0.2) is 9.18 Å². The third-order valence-electron chi connectivity index (χ3n) is 2.55. The minimum atomic E-state index is -0.970. The maximum atomic E-state index is 13.1. The van der Waals surface area contributed by atoms with Gasteiger partial charge in [0.2, 0.25) is 0 Å². The van der Waals surface area contributed by atoms with E-state index in [0.717, 1.165) is 6.07 Å². The molecular formula is C13H16ClFN2O4. The standard InChI is InChI=1S/C13H16ClFN2O4/c1-17(6-4-12(18)19)13(20)16-5-7-21-9-2-3-10(14)11(15)8-9/h2-3,8H,4-7H2,1H3,(H,16,20)(H,18,19). The Hall–Kier alpha value is -2.02. The number of aliphatic carboxylic acids is 1. The smallest absolute Gasteiger partial charge is 0.317 e. The molecule has 0 aromatic heterocycles. The van der Waals surface area contributed by atoms with Crippen LogP contribution in [0.1, 0.15) is 6.42 Å². The van der Waals surface area contributed by atoms with Crippen LogP contribution in [0.2, 0.25) is 5.02 Å². The summed E-state index contributed by atoms with van der Waals surface area (Å²) in [5.74, 6) is -1.24. The van der Waals surface area contributed by atoms with Crippen LogP contribution in [0.15, 0.2) is 18.2 Å². The highest BCUT2D eigenvalue weighted by molar-refractivity contribution is 6.30. The quantitative estimate of drug-likeness (QED) is 0.753. The third kappa shape index (κ3) is 6.31. The molecule has 0 heterocycles. The van der Waals surface area contributed by atoms with Crippen molar-refractivity contribution in [3.05, 3.63) is 29.0 Å². The molecule has 0 bridgehead atoms. The van der Waals surface area contributed by atoms with Crippen molar-refractivity contribution in [2.24, 2.45) is 0 Å². The predicted octanol–water partition coefficient (Wildman–Crippen LogP) is 1.97. The molecule has 21 heavy (non-hydrogen) atoms. The monoisotopic (exact) mass is 318 g/mol. The zero-order valence-corrected chi connectivity index (χ0v) is 12.2. The first-order valence-electron chi connectivity index (χ1n) is 6.18. The van der Waals surface area contributed by atoms with Crippen molar-refractivity contribution >= 4 is 23.6 Å². The van der Waals surface area contributed by atoms with Gasteiger partial charge in [0.1, 0.15) is 18.2 Å². The number of nitrogens with zero attached hydrogens (tertiary/aromatic N) is 1. The van der Waals surface area contributed by atoms with Gasteiger partial charge >= 0.3 is 12.0 Å². The van der Waals surface area contributed by atoms with Crippen LogP contribution in [0.3, 0.4) is 0 Å². The lowest BCUT2D eigenvalue weighted by molar-refractivity contribution is -0.137. The number of ether oxygens (including phenoxy) is 1. The molecule has 0 unspecified atom stereocenters. The zero-order valence-electron chi connectivity index (χ0n) is 11.4. The van der Waals surface area contributed by atoms with E-state index in [1.165, 1.54) is 24.1 Å². The zero-order chi connectivity index (χ0) is 15.8. The van der Waals surface area contributed by atoms with Crippen molar-refractivity contribution in [3.63, 3.8) is 0 Å². The van der Waals surface area contributed by atoms with Gasteiger partial charge < -0.3 is 20.1 Å². The second-order valence-corrected chi connectivity index (χ2v) is 4.63. The Morgan fingerprint density at radius 3 is 2.81 bits per heavy atom. The van der Waals surface area contributed by atoms with Crippen molar-refractivity contribution < 1.29 is 23.8 Å². The number of nitrogens with one attached hydrogen (secondary N) is 1. The summed E-state index contributed by atoms with van der Waals surface area (Å²) in [5.41, 5.74) is 0. The first-order chi connectivity index (χ1) is 9.90. The van der Waals surface area contributed by atoms with Crippen molar-refractivity contribution in [3.8, 4) is 5.75 Å². The van der Waals surface area contributed by atoms with Gasteiger partial charge in [0.25, 0.3) is 0 Å². The number of urea groups is 1. The largest absolute Gasteiger partial charge is 0.492 e. The summed E-state index contributed by atoms with van der Waals surface area (Å²) in [7, 11) is 1.49. The summed E-state index contributed by atoms with van der Waals surface area (Å²) in [4.78, 5) is 23.2. The SMILES string of the molecule is CN(CCC(=O)O)C(=O)NCCOc1ccc(Cl)c(F)c1. The number of carbonyl (C=O) groups is 2. The van der Waals surface area contributed by atoms with Crippen molar-refractivity contribution in [2.75, 3.05) is 26.7 Å². The minimum absolute atomic E-state index is 0.00991. The summed E-state index contributed by atoms with van der Waals surface area (Å²) in [6.45, 7) is 0.477. The van der Waals surface area contributed by atoms with Crippen LogP contribution >= 0.6 is 11.6 Å². The van der Waals surface area contributed by atoms with E-state index in [2.05, 4.69) is 5.32 Å². The molecule has 0 aliphatic rings. The Bertz CT molecular complexity index is 513. The molecule has 0 fully saturated rings. The topological polar surface area (TPSA) is 78.9 Å². The van der Waals surface area contributed by atoms with Gasteiger partial charge in [-0.1, -0.05) is 11.6 Å². The van der Waals surface area contributed by atoms with Gasteiger partial charge in [0, 0.05) is 19.7 Å². The number of hydrogen-bond donors (Lipinski definition) is 2. The number of halogens is 2. The summed E-state index contributed by atoms with van der Waals surface area (Å²) >= 11 is 5.54. The summed E-state index contributed by atoms with van der Waals surface area (Å²) in [6, 6.07) is 3.65. The lowest BCUT2D eigenvalue weighted by Crippen LogP contribution is -2.40. The molecule has 2 amide bonds. The van der Waals surface area contributed by atoms with Crippen LogP contribution in [-0.2, 0) is 4.79 Å². The van der Waals surface area contributed by atoms with Crippen molar-refractivity contribution in [2.45, 2.75) is 6.42 Å². The highest BCUT2D eigenvalue weighted by Gasteiger charge is 2.09. The van der Waals surface area contributed by atoms with Gasteiger partial charge in [-0.2, -0.15) is 0 Å². The Balaban J connectivity index is 2.25. The van der Waals surface area contributed by atoms with E-state index < -0.39 is 17.8 Å². The average molecular weight is 319 g/mol. The number of rotatable bonds is 7. The fourth-order valence-electron chi connectivity index (χ4n) is 1.39. The van der Waals surface area contributed by atoms with Crippen LogP contribution in [0, 0.1) is 5.82 Å². The molecule has 0 saturated carbocycles. The second-order valence-electron chi connectivity index (χ2n) is 4.22. The molecule has 2 N–H and O–H groups in total. The summed E-state index contributed by atoms with van der Waals surface area (Å²) in [5, 5.41) is 11.1. The van der Waals surface area contributed by atoms with Crippen molar-refractivity contribution in [1.82, 2.24) is 10.2 Å². The lowest BCUT2D eigenvalue weighted by atomic mass is 10.3. The highest BCUT2D eigenvalue weighted by atomic mass is 35.5. The molecule has 116 valence electrons. The van der Waals surface area contributed by atoms with Crippen molar-refractivity contribution in [1.29, 1.82) is 0 Å². The molecule has 0 saturated heterocycles. The van der Waals surface area contributed by atoms with Gasteiger partial charge in [-0.15, -0.1) is 0 Å². The highest BCUT2D eigenvalue weighted by Crippen LogP contribution is 2.20. The van der Waals surface area contributed by atoms with Gasteiger partial charge in [0.05, 0.1) is 18.0 Å². The van der Waals surface area contributed by atoms with E-state index in [0.29, 0.717) is 5.75 Å². The van der Waals surface area contributed by atoms with Crippen LogP contribution in [-0.4, -0.2) is 48.8 Å². The predicted molar refractivity (Wildman–Crippen MR) is 75.2 cm³/mol. The number of carboxylic acids is 1. The van der Waals surface area contributed by atoms with Gasteiger partial charge in [0.15, 0.2) is 0 Å². The molecule has 1 aromatic rings. The number of benzene rings is 1. The second kappa shape index (κ2) is 8.31. The van der Waals surface area contributed by atoms with E-state index in [1.54, 1.807) is 0 Å². The Morgan fingerprint density at radius 2 is 2.19 bits per heavy atom. The number of carbonyl (C=O) groups excluding carboxylic acids is 1. The van der Waals surface area contributed by atoms with Crippen LogP contribution in [0.4, 0.5) is 9.18 Å². The first-order valence-corrected chi connectivity index (χ1v) is 6.56. The van der Waals surface area contributed by atoms with Gasteiger partial charge in [-0.3, -0.25) is 4.79 Å². The maximum Gasteiger partial charge on any atom is 0.317 e. The minimum Gasteiger partial charge on any atom is -0.492 e. The Kier molecular flexibility index (Phi) is 6.74. The molecule has 8 heteroatoms. The molecule has 1 rings (SSSR count). The van der Waals surface area contributed by atoms with Gasteiger partial charge in [-0.05, 0) is 12.1 Å². The van der Waals surface area contributed by atoms with E-state index in [-0.39, 0.29) is 31.1 Å². The third-order valence-corrected chi connectivity index (χ3v) is 2.85. The molecule has 6 nitrogen and oxygen atoms in total. The number of carboxylic acid groups (broad SMARTS) is 1. The number of amides is 2. The fraction of sp³-hybridized carbons (Fsp3) is 0.385. The molecule has 0 aliphatic carbocycles. The summed E-state index contributed by atoms with van der Waals surface area (Å²) < 4.78 is 18.4. The van der Waals surface area contributed by atoms with Crippen LogP contribution in [0.5, 0.6) is 5.75 Å². The fourth-order valence-corrected chi connectivity index (χ4v) is 1.51. The lowest BCUT2D eigenvalue weighted by Gasteiger charge is -2.17. The molecule has 0 atom stereocenters. The van der Waals surface area contributed by atoms with E-state index in [1.807, 2.05) is 0 Å². The molecule has 0 spiro atoms. The van der Waals surface area contributed by atoms with Crippen LogP contribution in [0.25, 0.3) is 0 Å². The Morgan fingerprint density at radius 1 is 1.48 bits per heavy atom. The van der Waals surface area contributed by atoms with E-state index in [9.17, 15) is 14.0 Å². The molecule has 0 radical (unpaired) electrons. The maximum absolute atomic E-state index is 13.1. The number of hydrogen-bond acceptors (Lipinski definition) is 3. The molecule has 0 aliphatic heterocycles. The first kappa shape index (κ1) is 17.0.